The highest BCUT2D eigenvalue weighted by Gasteiger charge is 2.35. The predicted octanol–water partition coefficient (Wildman–Crippen LogP) is 2.84. The molecule has 0 bridgehead atoms. The van der Waals surface area contributed by atoms with E-state index in [1.54, 1.807) is 21.8 Å². The molecule has 2 N–H and O–H groups in total. The van der Waals surface area contributed by atoms with Gasteiger partial charge in [-0.15, -0.1) is 0 Å². The minimum absolute atomic E-state index is 0.0179. The van der Waals surface area contributed by atoms with E-state index in [0.29, 0.717) is 29.5 Å². The minimum Gasteiger partial charge on any atom is -0.393 e. The first kappa shape index (κ1) is 21.6. The highest BCUT2D eigenvalue weighted by molar-refractivity contribution is 6.37. The van der Waals surface area contributed by atoms with E-state index in [9.17, 15) is 14.7 Å². The zero-order valence-electron chi connectivity index (χ0n) is 18.8. The molecule has 10 heteroatoms. The van der Waals surface area contributed by atoms with E-state index in [0.717, 1.165) is 49.8 Å². The van der Waals surface area contributed by atoms with Gasteiger partial charge in [0.2, 0.25) is 5.91 Å². The summed E-state index contributed by atoms with van der Waals surface area (Å²) in [5.74, 6) is 0.121. The first-order valence-corrected chi connectivity index (χ1v) is 12.4. The Morgan fingerprint density at radius 3 is 2.59 bits per heavy atom. The number of piperazine rings is 1. The highest BCUT2D eigenvalue weighted by Crippen LogP contribution is 2.42. The Hall–Kier alpha value is -2.91. The molecular weight excluding hydrogens is 456 g/mol. The number of halogens is 1. The number of amides is 2. The summed E-state index contributed by atoms with van der Waals surface area (Å²) in [6.45, 7) is 0.947. The molecule has 3 aliphatic rings. The first-order valence-electron chi connectivity index (χ1n) is 12.0. The highest BCUT2D eigenvalue weighted by atomic mass is 35.5. The van der Waals surface area contributed by atoms with E-state index < -0.39 is 0 Å². The van der Waals surface area contributed by atoms with Crippen molar-refractivity contribution in [2.75, 3.05) is 19.6 Å². The van der Waals surface area contributed by atoms with Crippen LogP contribution in [0.3, 0.4) is 0 Å². The molecule has 2 saturated carbocycles. The Bertz CT molecular complexity index is 1240. The Morgan fingerprint density at radius 2 is 1.91 bits per heavy atom. The van der Waals surface area contributed by atoms with E-state index in [1.165, 1.54) is 5.56 Å². The average molecular weight is 483 g/mol. The summed E-state index contributed by atoms with van der Waals surface area (Å²) >= 11 is 6.73. The summed E-state index contributed by atoms with van der Waals surface area (Å²) in [4.78, 5) is 29.8. The third-order valence-electron chi connectivity index (χ3n) is 7.39. The summed E-state index contributed by atoms with van der Waals surface area (Å²) in [6.07, 6.45) is 8.59. The summed E-state index contributed by atoms with van der Waals surface area (Å²) < 4.78 is 1.71. The lowest BCUT2D eigenvalue weighted by Gasteiger charge is -2.41. The van der Waals surface area contributed by atoms with Crippen LogP contribution in [0.2, 0.25) is 5.02 Å². The minimum atomic E-state index is -0.327. The number of rotatable bonds is 4. The molecule has 2 aliphatic carbocycles. The number of hydrogen-bond acceptors (Lipinski definition) is 5. The van der Waals surface area contributed by atoms with Crippen molar-refractivity contribution < 1.29 is 14.7 Å². The number of H-pyrrole nitrogens is 1. The van der Waals surface area contributed by atoms with Crippen molar-refractivity contribution in [3.63, 3.8) is 0 Å². The van der Waals surface area contributed by atoms with Crippen molar-refractivity contribution in [2.45, 2.75) is 56.6 Å². The maximum Gasteiger partial charge on any atom is 0.276 e. The molecule has 0 aromatic carbocycles. The van der Waals surface area contributed by atoms with Gasteiger partial charge in [0, 0.05) is 30.9 Å². The van der Waals surface area contributed by atoms with Crippen LogP contribution in [0.15, 0.2) is 24.5 Å². The van der Waals surface area contributed by atoms with Gasteiger partial charge in [0.05, 0.1) is 28.5 Å². The molecule has 1 aliphatic heterocycles. The first-order chi connectivity index (χ1) is 16.5. The lowest BCUT2D eigenvalue weighted by Crippen LogP contribution is -2.56. The second-order valence-corrected chi connectivity index (χ2v) is 10.0. The lowest BCUT2D eigenvalue weighted by molar-refractivity contribution is -0.138. The number of pyridine rings is 1. The zero-order chi connectivity index (χ0) is 23.4. The molecule has 3 aromatic rings. The second-order valence-electron chi connectivity index (χ2n) is 9.67. The fourth-order valence-electron chi connectivity index (χ4n) is 5.29. The van der Waals surface area contributed by atoms with Crippen LogP contribution in [-0.4, -0.2) is 78.3 Å². The van der Waals surface area contributed by atoms with Crippen molar-refractivity contribution in [3.05, 3.63) is 40.8 Å². The average Bonchev–Trinajstić information content (AvgIpc) is 3.45. The molecule has 2 amide bonds. The van der Waals surface area contributed by atoms with Crippen LogP contribution < -0.4 is 0 Å². The molecule has 9 nitrogen and oxygen atoms in total. The fraction of sp³-hybridized carbons (Fsp3) is 0.500. The van der Waals surface area contributed by atoms with Gasteiger partial charge in [-0.05, 0) is 62.1 Å². The van der Waals surface area contributed by atoms with Crippen molar-refractivity contribution in [3.8, 4) is 11.3 Å². The SMILES string of the molecule is O=C(c1nn2c(-c3cn[nH]c3)cc(C3CC3)cc2c1Cl)N1CCN([C@H]2CC[C@H](O)CC2)C(=O)C1. The monoisotopic (exact) mass is 482 g/mol. The van der Waals surface area contributed by atoms with Crippen LogP contribution in [0.5, 0.6) is 0 Å². The van der Waals surface area contributed by atoms with Crippen molar-refractivity contribution in [2.24, 2.45) is 0 Å². The van der Waals surface area contributed by atoms with E-state index >= 15 is 0 Å². The largest absolute Gasteiger partial charge is 0.393 e. The number of nitrogens with one attached hydrogen (secondary N) is 1. The van der Waals surface area contributed by atoms with Crippen molar-refractivity contribution >= 4 is 28.9 Å². The number of aromatic nitrogens is 4. The van der Waals surface area contributed by atoms with Gasteiger partial charge >= 0.3 is 0 Å². The molecule has 3 aromatic heterocycles. The van der Waals surface area contributed by atoms with Crippen LogP contribution in [-0.2, 0) is 4.79 Å². The number of carbonyl (C=O) groups is 2. The van der Waals surface area contributed by atoms with Crippen LogP contribution in [0.4, 0.5) is 0 Å². The number of nitrogens with zero attached hydrogens (tertiary/aromatic N) is 5. The summed E-state index contributed by atoms with van der Waals surface area (Å²) in [6, 6.07) is 4.26. The topological polar surface area (TPSA) is 107 Å². The summed E-state index contributed by atoms with van der Waals surface area (Å²) in [5, 5.41) is 21.6. The predicted molar refractivity (Wildman–Crippen MR) is 126 cm³/mol. The lowest BCUT2D eigenvalue weighted by atomic mass is 9.91. The van der Waals surface area contributed by atoms with Gasteiger partial charge in [0.1, 0.15) is 6.54 Å². The van der Waals surface area contributed by atoms with Crippen LogP contribution in [0.25, 0.3) is 16.8 Å². The van der Waals surface area contributed by atoms with Crippen LogP contribution in [0.1, 0.15) is 60.5 Å². The number of carbonyl (C=O) groups excluding carboxylic acids is 2. The molecule has 0 spiro atoms. The molecular formula is C24H27ClN6O3. The molecule has 0 atom stereocenters. The molecule has 0 radical (unpaired) electrons. The zero-order valence-corrected chi connectivity index (χ0v) is 19.5. The molecule has 3 fully saturated rings. The van der Waals surface area contributed by atoms with E-state index in [4.69, 9.17) is 11.6 Å². The van der Waals surface area contributed by atoms with E-state index in [1.807, 2.05) is 11.0 Å². The normalized spacial score (nSPS) is 23.6. The molecule has 34 heavy (non-hydrogen) atoms. The van der Waals surface area contributed by atoms with E-state index in [-0.39, 0.29) is 36.2 Å². The van der Waals surface area contributed by atoms with Crippen LogP contribution in [0, 0.1) is 0 Å². The Morgan fingerprint density at radius 1 is 1.12 bits per heavy atom. The van der Waals surface area contributed by atoms with Crippen molar-refractivity contribution in [1.82, 2.24) is 29.6 Å². The smallest absolute Gasteiger partial charge is 0.276 e. The third kappa shape index (κ3) is 3.76. The summed E-state index contributed by atoms with van der Waals surface area (Å²) in [7, 11) is 0. The third-order valence-corrected chi connectivity index (χ3v) is 7.77. The van der Waals surface area contributed by atoms with Crippen LogP contribution >= 0.6 is 11.6 Å². The number of fused-ring (bicyclic) bond motifs is 1. The molecule has 178 valence electrons. The summed E-state index contributed by atoms with van der Waals surface area (Å²) in [5.41, 5.74) is 3.74. The molecule has 6 rings (SSSR count). The maximum atomic E-state index is 13.4. The standard InChI is InChI=1S/C24H27ClN6O3/c25-22-20-10-15(14-1-2-14)9-19(16-11-26-27-12-16)31(20)28-23(22)24(34)29-7-8-30(21(33)13-29)17-3-5-18(32)6-4-17/h9-12,14,17-18,32H,1-8,13H2,(H,26,27)/t17-,18-. The van der Waals surface area contributed by atoms with Gasteiger partial charge in [-0.3, -0.25) is 14.7 Å². The number of aliphatic hydroxyl groups excluding tert-OH is 1. The quantitative estimate of drug-likeness (QED) is 0.594. The van der Waals surface area contributed by atoms with Gasteiger partial charge < -0.3 is 14.9 Å². The van der Waals surface area contributed by atoms with Gasteiger partial charge in [-0.2, -0.15) is 10.2 Å². The molecule has 1 saturated heterocycles. The molecule has 0 unspecified atom stereocenters. The Labute approximate surface area is 201 Å². The molecule has 4 heterocycles. The van der Waals surface area contributed by atoms with Gasteiger partial charge in [-0.1, -0.05) is 11.6 Å². The van der Waals surface area contributed by atoms with E-state index in [2.05, 4.69) is 21.4 Å². The number of aromatic amines is 1. The van der Waals surface area contributed by atoms with Gasteiger partial charge in [0.25, 0.3) is 5.91 Å². The maximum absolute atomic E-state index is 13.4. The fourth-order valence-corrected chi connectivity index (χ4v) is 5.54. The Balaban J connectivity index is 1.28. The number of aliphatic hydroxyl groups is 1. The van der Waals surface area contributed by atoms with Crippen molar-refractivity contribution in [1.29, 1.82) is 0 Å². The Kier molecular flexibility index (Phi) is 5.33. The number of hydrogen-bond donors (Lipinski definition) is 2. The second kappa shape index (κ2) is 8.39. The van der Waals surface area contributed by atoms with Gasteiger partial charge in [0.15, 0.2) is 5.69 Å². The van der Waals surface area contributed by atoms with Gasteiger partial charge in [-0.25, -0.2) is 4.52 Å².